The number of likely N-dealkylation sites (tertiary alicyclic amines) is 1. The predicted octanol–water partition coefficient (Wildman–Crippen LogP) is 2.57. The molecule has 1 aliphatic rings. The number of hydrogen-bond acceptors (Lipinski definition) is 2. The maximum Gasteiger partial charge on any atom is 0.308 e. The monoisotopic (exact) mass is 297 g/mol. The summed E-state index contributed by atoms with van der Waals surface area (Å²) in [5, 5.41) is 9.34. The van der Waals surface area contributed by atoms with Crippen LogP contribution in [0, 0.1) is 5.92 Å². The number of rotatable bonds is 2. The fraction of sp³-hybridized carbons (Fsp3) is 0.462. The topological polar surface area (TPSA) is 40.5 Å². The zero-order valence-corrected chi connectivity index (χ0v) is 11.4. The van der Waals surface area contributed by atoms with Crippen LogP contribution in [-0.4, -0.2) is 36.1 Å². The van der Waals surface area contributed by atoms with E-state index in [1.54, 1.807) is 0 Å². The van der Waals surface area contributed by atoms with Gasteiger partial charge in [0.05, 0.1) is 5.92 Å². The number of aliphatic carboxylic acids is 1. The van der Waals surface area contributed by atoms with Crippen LogP contribution < -0.4 is 0 Å². The Bertz CT molecular complexity index is 422. The van der Waals surface area contributed by atoms with Crippen LogP contribution in [0.4, 0.5) is 0 Å². The molecule has 1 saturated heterocycles. The number of benzene rings is 1. The first-order valence-corrected chi connectivity index (χ1v) is 6.54. The van der Waals surface area contributed by atoms with E-state index in [1.165, 1.54) is 0 Å². The minimum Gasteiger partial charge on any atom is -0.481 e. The fourth-order valence-corrected chi connectivity index (χ4v) is 3.09. The number of carboxylic acid groups (broad SMARTS) is 1. The molecule has 0 amide bonds. The van der Waals surface area contributed by atoms with Crippen molar-refractivity contribution in [2.24, 2.45) is 5.92 Å². The van der Waals surface area contributed by atoms with Gasteiger partial charge in [-0.3, -0.25) is 4.79 Å². The van der Waals surface area contributed by atoms with E-state index >= 15 is 0 Å². The molecule has 2 atom stereocenters. The van der Waals surface area contributed by atoms with Crippen LogP contribution in [0.2, 0.25) is 0 Å². The lowest BCUT2D eigenvalue weighted by Gasteiger charge is -2.35. The van der Waals surface area contributed by atoms with Crippen LogP contribution in [-0.2, 0) is 4.79 Å². The molecule has 0 spiro atoms. The highest BCUT2D eigenvalue weighted by molar-refractivity contribution is 9.10. The number of carbonyl (C=O) groups is 1. The Morgan fingerprint density at radius 1 is 1.47 bits per heavy atom. The summed E-state index contributed by atoms with van der Waals surface area (Å²) in [7, 11) is 1.98. The van der Waals surface area contributed by atoms with Crippen molar-refractivity contribution in [1.82, 2.24) is 4.90 Å². The van der Waals surface area contributed by atoms with E-state index in [0.717, 1.165) is 23.0 Å². The molecule has 2 rings (SSSR count). The summed E-state index contributed by atoms with van der Waals surface area (Å²) in [4.78, 5) is 13.4. The number of piperidine rings is 1. The zero-order valence-electron chi connectivity index (χ0n) is 9.77. The second-order valence-corrected chi connectivity index (χ2v) is 5.48. The van der Waals surface area contributed by atoms with Gasteiger partial charge in [0.2, 0.25) is 0 Å². The van der Waals surface area contributed by atoms with Crippen LogP contribution in [0.25, 0.3) is 0 Å². The third-order valence-corrected chi connectivity index (χ3v) is 4.16. The van der Waals surface area contributed by atoms with Crippen molar-refractivity contribution < 1.29 is 9.90 Å². The lowest BCUT2D eigenvalue weighted by molar-refractivity contribution is -0.144. The van der Waals surface area contributed by atoms with Crippen molar-refractivity contribution in [2.45, 2.75) is 12.3 Å². The van der Waals surface area contributed by atoms with Gasteiger partial charge in [0.25, 0.3) is 0 Å². The molecular formula is C13H16BrNO2. The molecule has 1 heterocycles. The molecule has 0 radical (unpaired) electrons. The van der Waals surface area contributed by atoms with E-state index in [4.69, 9.17) is 0 Å². The minimum absolute atomic E-state index is 0.110. The molecule has 1 N–H and O–H groups in total. The number of nitrogens with zero attached hydrogens (tertiary/aromatic N) is 1. The molecule has 1 fully saturated rings. The predicted molar refractivity (Wildman–Crippen MR) is 70.1 cm³/mol. The van der Waals surface area contributed by atoms with Gasteiger partial charge in [0.1, 0.15) is 0 Å². The lowest BCUT2D eigenvalue weighted by atomic mass is 9.80. The van der Waals surface area contributed by atoms with Crippen LogP contribution in [0.15, 0.2) is 28.7 Å². The van der Waals surface area contributed by atoms with Gasteiger partial charge in [-0.15, -0.1) is 0 Å². The molecule has 0 saturated carbocycles. The standard InChI is InChI=1S/C13H16BrNO2/c1-15-7-6-9(11(8-15)13(16)17)10-4-2-3-5-12(10)14/h2-5,9,11H,6-8H2,1H3,(H,16,17). The van der Waals surface area contributed by atoms with Gasteiger partial charge >= 0.3 is 5.97 Å². The molecule has 1 aliphatic heterocycles. The molecule has 92 valence electrons. The Morgan fingerprint density at radius 2 is 2.18 bits per heavy atom. The summed E-state index contributed by atoms with van der Waals surface area (Å²) in [6, 6.07) is 7.93. The van der Waals surface area contributed by atoms with E-state index in [9.17, 15) is 9.90 Å². The number of hydrogen-bond donors (Lipinski definition) is 1. The largest absolute Gasteiger partial charge is 0.481 e. The molecule has 0 bridgehead atoms. The van der Waals surface area contributed by atoms with Crippen molar-refractivity contribution in [1.29, 1.82) is 0 Å². The van der Waals surface area contributed by atoms with Gasteiger partial charge in [0.15, 0.2) is 0 Å². The molecule has 17 heavy (non-hydrogen) atoms. The molecule has 0 aromatic heterocycles. The van der Waals surface area contributed by atoms with Gasteiger partial charge in [-0.05, 0) is 31.6 Å². The molecule has 3 nitrogen and oxygen atoms in total. The summed E-state index contributed by atoms with van der Waals surface area (Å²) in [6.45, 7) is 1.58. The SMILES string of the molecule is CN1CCC(c2ccccc2Br)C(C(=O)O)C1. The van der Waals surface area contributed by atoms with E-state index < -0.39 is 5.97 Å². The highest BCUT2D eigenvalue weighted by Gasteiger charge is 2.34. The maximum absolute atomic E-state index is 11.4. The van der Waals surface area contributed by atoms with E-state index in [2.05, 4.69) is 20.8 Å². The summed E-state index contributed by atoms with van der Waals surface area (Å²) in [6.07, 6.45) is 0.899. The summed E-state index contributed by atoms with van der Waals surface area (Å²) in [5.74, 6) is -0.899. The van der Waals surface area contributed by atoms with Gasteiger partial charge < -0.3 is 10.0 Å². The minimum atomic E-state index is -0.697. The molecule has 1 aromatic carbocycles. The first-order valence-electron chi connectivity index (χ1n) is 5.75. The first-order chi connectivity index (χ1) is 8.09. The smallest absolute Gasteiger partial charge is 0.308 e. The van der Waals surface area contributed by atoms with Crippen molar-refractivity contribution in [3.63, 3.8) is 0 Å². The van der Waals surface area contributed by atoms with Gasteiger partial charge in [-0.2, -0.15) is 0 Å². The summed E-state index contributed by atoms with van der Waals surface area (Å²) in [5.41, 5.74) is 1.12. The van der Waals surface area contributed by atoms with Crippen LogP contribution in [0.1, 0.15) is 17.9 Å². The number of carboxylic acids is 1. The van der Waals surface area contributed by atoms with Crippen molar-refractivity contribution in [3.05, 3.63) is 34.3 Å². The average Bonchev–Trinajstić information content (AvgIpc) is 2.30. The van der Waals surface area contributed by atoms with E-state index in [1.807, 2.05) is 31.3 Å². The normalized spacial score (nSPS) is 25.8. The first kappa shape index (κ1) is 12.6. The van der Waals surface area contributed by atoms with Crippen LogP contribution >= 0.6 is 15.9 Å². The van der Waals surface area contributed by atoms with Crippen LogP contribution in [0.5, 0.6) is 0 Å². The third kappa shape index (κ3) is 2.69. The molecule has 4 heteroatoms. The molecular weight excluding hydrogens is 282 g/mol. The zero-order chi connectivity index (χ0) is 12.4. The summed E-state index contributed by atoms with van der Waals surface area (Å²) < 4.78 is 1.01. The van der Waals surface area contributed by atoms with Crippen molar-refractivity contribution in [2.75, 3.05) is 20.1 Å². The summed E-state index contributed by atoms with van der Waals surface area (Å²) >= 11 is 3.52. The highest BCUT2D eigenvalue weighted by Crippen LogP contribution is 2.36. The Labute approximate surface area is 110 Å². The fourth-order valence-electron chi connectivity index (χ4n) is 2.51. The quantitative estimate of drug-likeness (QED) is 0.912. The second kappa shape index (κ2) is 5.19. The molecule has 2 unspecified atom stereocenters. The third-order valence-electron chi connectivity index (χ3n) is 3.44. The molecule has 0 aliphatic carbocycles. The van der Waals surface area contributed by atoms with E-state index in [-0.39, 0.29) is 11.8 Å². The average molecular weight is 298 g/mol. The van der Waals surface area contributed by atoms with Crippen molar-refractivity contribution >= 4 is 21.9 Å². The van der Waals surface area contributed by atoms with Gasteiger partial charge in [0, 0.05) is 16.9 Å². The number of halogens is 1. The Kier molecular flexibility index (Phi) is 3.84. The highest BCUT2D eigenvalue weighted by atomic mass is 79.9. The Hall–Kier alpha value is -0.870. The van der Waals surface area contributed by atoms with Crippen molar-refractivity contribution in [3.8, 4) is 0 Å². The van der Waals surface area contributed by atoms with Crippen LogP contribution in [0.3, 0.4) is 0 Å². The lowest BCUT2D eigenvalue weighted by Crippen LogP contribution is -2.40. The maximum atomic E-state index is 11.4. The Morgan fingerprint density at radius 3 is 2.82 bits per heavy atom. The van der Waals surface area contributed by atoms with Gasteiger partial charge in [-0.1, -0.05) is 34.1 Å². The molecule has 1 aromatic rings. The Balaban J connectivity index is 2.30. The van der Waals surface area contributed by atoms with Gasteiger partial charge in [-0.25, -0.2) is 0 Å². The van der Waals surface area contributed by atoms with E-state index in [0.29, 0.717) is 6.54 Å². The second-order valence-electron chi connectivity index (χ2n) is 4.62.